The zero-order chi connectivity index (χ0) is 20.7. The fourth-order valence-corrected chi connectivity index (χ4v) is 3.52. The van der Waals surface area contributed by atoms with E-state index in [0.717, 1.165) is 0 Å². The molecule has 156 valence electrons. The SMILES string of the molecule is CC(C)(Cc1ccccc1OC(F)F)CC(CC(=O)N1CCOCC1)C(=O)O. The average Bonchev–Trinajstić information content (AvgIpc) is 2.62. The lowest BCUT2D eigenvalue weighted by Crippen LogP contribution is -2.42. The third kappa shape index (κ3) is 6.74. The first-order valence-corrected chi connectivity index (χ1v) is 9.29. The maximum Gasteiger partial charge on any atom is 0.387 e. The summed E-state index contributed by atoms with van der Waals surface area (Å²) in [4.78, 5) is 25.8. The molecule has 1 saturated heterocycles. The largest absolute Gasteiger partial charge is 0.481 e. The van der Waals surface area contributed by atoms with E-state index in [-0.39, 0.29) is 24.5 Å². The third-order valence-corrected chi connectivity index (χ3v) is 4.79. The van der Waals surface area contributed by atoms with Crippen LogP contribution in [0, 0.1) is 11.3 Å². The lowest BCUT2D eigenvalue weighted by atomic mass is 9.77. The number of ether oxygens (including phenoxy) is 2. The highest BCUT2D eigenvalue weighted by molar-refractivity contribution is 5.82. The summed E-state index contributed by atoms with van der Waals surface area (Å²) in [5, 5.41) is 9.60. The van der Waals surface area contributed by atoms with Crippen molar-refractivity contribution < 1.29 is 33.0 Å². The Labute approximate surface area is 163 Å². The Balaban J connectivity index is 2.05. The Morgan fingerprint density at radius 2 is 1.89 bits per heavy atom. The summed E-state index contributed by atoms with van der Waals surface area (Å²) in [6, 6.07) is 6.48. The number of hydrogen-bond donors (Lipinski definition) is 1. The molecule has 8 heteroatoms. The molecule has 2 rings (SSSR count). The number of amides is 1. The van der Waals surface area contributed by atoms with E-state index in [4.69, 9.17) is 4.74 Å². The molecule has 28 heavy (non-hydrogen) atoms. The lowest BCUT2D eigenvalue weighted by molar-refractivity contribution is -0.148. The highest BCUT2D eigenvalue weighted by Gasteiger charge is 2.32. The van der Waals surface area contributed by atoms with Gasteiger partial charge in [-0.3, -0.25) is 9.59 Å². The maximum atomic E-state index is 12.6. The van der Waals surface area contributed by atoms with Crippen LogP contribution in [-0.2, 0) is 20.7 Å². The Bertz CT molecular complexity index is 674. The highest BCUT2D eigenvalue weighted by atomic mass is 19.3. The van der Waals surface area contributed by atoms with Crippen LogP contribution in [0.25, 0.3) is 0 Å². The van der Waals surface area contributed by atoms with Crippen molar-refractivity contribution in [2.24, 2.45) is 11.3 Å². The number of alkyl halides is 2. The van der Waals surface area contributed by atoms with Gasteiger partial charge in [0.15, 0.2) is 0 Å². The average molecular weight is 399 g/mol. The van der Waals surface area contributed by atoms with E-state index >= 15 is 0 Å². The first-order valence-electron chi connectivity index (χ1n) is 9.29. The molecule has 1 aromatic carbocycles. The molecule has 0 radical (unpaired) electrons. The minimum Gasteiger partial charge on any atom is -0.481 e. The fraction of sp³-hybridized carbons (Fsp3) is 0.600. The summed E-state index contributed by atoms with van der Waals surface area (Å²) < 4.78 is 35.0. The summed E-state index contributed by atoms with van der Waals surface area (Å²) in [5.41, 5.74) is 0.0482. The zero-order valence-corrected chi connectivity index (χ0v) is 16.2. The van der Waals surface area contributed by atoms with Crippen molar-refractivity contribution in [3.8, 4) is 5.75 Å². The van der Waals surface area contributed by atoms with Gasteiger partial charge in [0.1, 0.15) is 5.75 Å². The highest BCUT2D eigenvalue weighted by Crippen LogP contribution is 2.35. The number of rotatable bonds is 9. The van der Waals surface area contributed by atoms with Crippen LogP contribution in [0.3, 0.4) is 0 Å². The molecule has 1 aliphatic heterocycles. The molecule has 1 aliphatic rings. The number of halogens is 2. The predicted octanol–water partition coefficient (Wildman–Crippen LogP) is 3.20. The van der Waals surface area contributed by atoms with Gasteiger partial charge in [-0.2, -0.15) is 8.78 Å². The van der Waals surface area contributed by atoms with Crippen LogP contribution in [0.5, 0.6) is 5.75 Å². The summed E-state index contributed by atoms with van der Waals surface area (Å²) >= 11 is 0. The number of hydrogen-bond acceptors (Lipinski definition) is 4. The van der Waals surface area contributed by atoms with Gasteiger partial charge in [0.25, 0.3) is 0 Å². The van der Waals surface area contributed by atoms with Gasteiger partial charge < -0.3 is 19.5 Å². The molecule has 1 fully saturated rings. The number of carbonyl (C=O) groups excluding carboxylic acids is 1. The summed E-state index contributed by atoms with van der Waals surface area (Å²) in [5.74, 6) is -2.00. The molecule has 0 spiro atoms. The van der Waals surface area contributed by atoms with Crippen molar-refractivity contribution in [2.75, 3.05) is 26.3 Å². The van der Waals surface area contributed by atoms with E-state index in [1.807, 2.05) is 13.8 Å². The van der Waals surface area contributed by atoms with E-state index in [9.17, 15) is 23.5 Å². The number of carboxylic acid groups (broad SMARTS) is 1. The molecule has 0 bridgehead atoms. The molecule has 1 heterocycles. The van der Waals surface area contributed by atoms with Crippen molar-refractivity contribution in [3.63, 3.8) is 0 Å². The van der Waals surface area contributed by atoms with Crippen molar-refractivity contribution in [3.05, 3.63) is 29.8 Å². The van der Waals surface area contributed by atoms with Gasteiger partial charge in [0.2, 0.25) is 5.91 Å². The molecule has 1 aromatic rings. The minimum absolute atomic E-state index is 0.0850. The standard InChI is InChI=1S/C20H27F2NO5/c1-20(2,12-14-5-3-4-6-16(14)28-19(21)22)13-15(18(25)26)11-17(24)23-7-9-27-10-8-23/h3-6,15,19H,7-13H2,1-2H3,(H,25,26). The van der Waals surface area contributed by atoms with E-state index < -0.39 is 23.9 Å². The Morgan fingerprint density at radius 3 is 2.50 bits per heavy atom. The monoisotopic (exact) mass is 399 g/mol. The number of nitrogens with zero attached hydrogens (tertiary/aromatic N) is 1. The lowest BCUT2D eigenvalue weighted by Gasteiger charge is -2.31. The predicted molar refractivity (Wildman–Crippen MR) is 98.3 cm³/mol. The third-order valence-electron chi connectivity index (χ3n) is 4.79. The van der Waals surface area contributed by atoms with Gasteiger partial charge in [0.05, 0.1) is 19.1 Å². The number of para-hydroxylation sites is 1. The van der Waals surface area contributed by atoms with Crippen LogP contribution in [0.1, 0.15) is 32.3 Å². The second-order valence-electron chi connectivity index (χ2n) is 7.76. The normalized spacial score (nSPS) is 16.1. The first-order chi connectivity index (χ1) is 13.2. The smallest absolute Gasteiger partial charge is 0.387 e. The minimum atomic E-state index is -2.93. The molecule has 0 aromatic heterocycles. The number of carbonyl (C=O) groups is 2. The Hall–Kier alpha value is -2.22. The molecule has 1 unspecified atom stereocenters. The van der Waals surface area contributed by atoms with Crippen molar-refractivity contribution in [1.29, 1.82) is 0 Å². The molecule has 1 N–H and O–H groups in total. The second kappa shape index (κ2) is 9.82. The number of benzene rings is 1. The van der Waals surface area contributed by atoms with Gasteiger partial charge in [-0.1, -0.05) is 32.0 Å². The molecule has 6 nitrogen and oxygen atoms in total. The van der Waals surface area contributed by atoms with Crippen LogP contribution >= 0.6 is 0 Å². The quantitative estimate of drug-likeness (QED) is 0.690. The molecule has 0 aliphatic carbocycles. The van der Waals surface area contributed by atoms with Crippen molar-refractivity contribution >= 4 is 11.9 Å². The van der Waals surface area contributed by atoms with Gasteiger partial charge in [-0.25, -0.2) is 0 Å². The fourth-order valence-electron chi connectivity index (χ4n) is 3.52. The van der Waals surface area contributed by atoms with Crippen LogP contribution < -0.4 is 4.74 Å². The molecule has 0 saturated carbocycles. The first kappa shape index (κ1) is 22.1. The second-order valence-corrected chi connectivity index (χ2v) is 7.76. The number of carboxylic acids is 1. The van der Waals surface area contributed by atoms with E-state index in [1.54, 1.807) is 23.1 Å². The zero-order valence-electron chi connectivity index (χ0n) is 16.2. The topological polar surface area (TPSA) is 76.1 Å². The molecule has 1 amide bonds. The van der Waals surface area contributed by atoms with Gasteiger partial charge in [-0.05, 0) is 29.9 Å². The number of morpholine rings is 1. The van der Waals surface area contributed by atoms with E-state index in [0.29, 0.717) is 38.3 Å². The van der Waals surface area contributed by atoms with Gasteiger partial charge in [0, 0.05) is 19.5 Å². The van der Waals surface area contributed by atoms with E-state index in [1.165, 1.54) is 6.07 Å². The maximum absolute atomic E-state index is 12.6. The number of aliphatic carboxylic acids is 1. The van der Waals surface area contributed by atoms with Gasteiger partial charge >= 0.3 is 12.6 Å². The van der Waals surface area contributed by atoms with Gasteiger partial charge in [-0.15, -0.1) is 0 Å². The van der Waals surface area contributed by atoms with Crippen LogP contribution in [0.2, 0.25) is 0 Å². The van der Waals surface area contributed by atoms with Crippen molar-refractivity contribution in [2.45, 2.75) is 39.7 Å². The van der Waals surface area contributed by atoms with Crippen LogP contribution in [-0.4, -0.2) is 54.8 Å². The van der Waals surface area contributed by atoms with Crippen molar-refractivity contribution in [1.82, 2.24) is 4.90 Å². The van der Waals surface area contributed by atoms with Crippen LogP contribution in [0.4, 0.5) is 8.78 Å². The molecule has 1 atom stereocenters. The van der Waals surface area contributed by atoms with Crippen LogP contribution in [0.15, 0.2) is 24.3 Å². The Kier molecular flexibility index (Phi) is 7.74. The summed E-state index contributed by atoms with van der Waals surface area (Å²) in [7, 11) is 0. The summed E-state index contributed by atoms with van der Waals surface area (Å²) in [6.07, 6.45) is 0.501. The summed E-state index contributed by atoms with van der Waals surface area (Å²) in [6.45, 7) is 2.64. The van der Waals surface area contributed by atoms with E-state index in [2.05, 4.69) is 4.74 Å². The molecular weight excluding hydrogens is 372 g/mol. The Morgan fingerprint density at radius 1 is 1.25 bits per heavy atom. The molecular formula is C20H27F2NO5.